The monoisotopic (exact) mass is 373 g/mol. The Balaban J connectivity index is 2.22. The molecule has 0 bridgehead atoms. The fraction of sp³-hybridized carbons (Fsp3) is 0.130. The number of aliphatic hydroxyl groups excluding tert-OH is 1. The molecule has 0 unspecified atom stereocenters. The van der Waals surface area contributed by atoms with E-state index >= 15 is 0 Å². The lowest BCUT2D eigenvalue weighted by Crippen LogP contribution is -2.04. The zero-order chi connectivity index (χ0) is 19.7. The molecule has 140 valence electrons. The number of aliphatic hydroxyl groups is 1. The second-order valence-electron chi connectivity index (χ2n) is 6.44. The second-order valence-corrected chi connectivity index (χ2v) is 6.44. The minimum absolute atomic E-state index is 0.0972. The van der Waals surface area contributed by atoms with Gasteiger partial charge in [-0.1, -0.05) is 24.3 Å². The maximum Gasteiger partial charge on any atom is 0.157 e. The number of nitrogens with zero attached hydrogens (tertiary/aromatic N) is 1. The molecule has 1 aliphatic heterocycles. The van der Waals surface area contributed by atoms with Gasteiger partial charge in [0.1, 0.15) is 17.1 Å². The van der Waals surface area contributed by atoms with Crippen molar-refractivity contribution in [3.05, 3.63) is 71.1 Å². The number of phenolic OH excluding ortho intramolecular Hbond substituents is 1. The highest BCUT2D eigenvalue weighted by Crippen LogP contribution is 2.43. The van der Waals surface area contributed by atoms with Gasteiger partial charge in [-0.05, 0) is 42.3 Å². The maximum absolute atomic E-state index is 11.6. The summed E-state index contributed by atoms with van der Waals surface area (Å²) in [5.74, 6) is 0.417. The molecule has 1 heterocycles. The van der Waals surface area contributed by atoms with E-state index < -0.39 is 0 Å². The Morgan fingerprint density at radius 1 is 1.07 bits per heavy atom. The Morgan fingerprint density at radius 3 is 2.64 bits per heavy atom. The number of hydrogen-bond donors (Lipinski definition) is 2. The molecule has 5 heteroatoms. The van der Waals surface area contributed by atoms with Crippen LogP contribution in [-0.4, -0.2) is 23.0 Å². The van der Waals surface area contributed by atoms with Gasteiger partial charge in [0, 0.05) is 29.1 Å². The SMILES string of the molecule is CC/N=c1\ccc2c(-c3ccccc3CO)c3ccc(O)c(C=O)c3oc-2c1. The van der Waals surface area contributed by atoms with E-state index in [1.54, 1.807) is 6.07 Å². The van der Waals surface area contributed by atoms with Crippen LogP contribution in [0.2, 0.25) is 0 Å². The lowest BCUT2D eigenvalue weighted by molar-refractivity contribution is 0.112. The molecule has 0 radical (unpaired) electrons. The summed E-state index contributed by atoms with van der Waals surface area (Å²) in [6, 6.07) is 16.4. The summed E-state index contributed by atoms with van der Waals surface area (Å²) in [5.41, 5.74) is 3.69. The Kier molecular flexibility index (Phi) is 4.67. The van der Waals surface area contributed by atoms with E-state index in [9.17, 15) is 15.0 Å². The van der Waals surface area contributed by atoms with Gasteiger partial charge in [-0.2, -0.15) is 0 Å². The Labute approximate surface area is 161 Å². The summed E-state index contributed by atoms with van der Waals surface area (Å²) in [6.07, 6.45) is 0.592. The highest BCUT2D eigenvalue weighted by Gasteiger charge is 2.21. The smallest absolute Gasteiger partial charge is 0.157 e. The number of aromatic hydroxyl groups is 1. The molecule has 0 aromatic heterocycles. The summed E-state index contributed by atoms with van der Waals surface area (Å²) in [5, 5.41) is 21.4. The normalized spacial score (nSPS) is 12.0. The number of carbonyl (C=O) groups is 1. The van der Waals surface area contributed by atoms with E-state index in [1.807, 2.05) is 49.4 Å². The van der Waals surface area contributed by atoms with Crippen LogP contribution in [0.15, 0.2) is 64.0 Å². The number of aldehydes is 1. The van der Waals surface area contributed by atoms with Crippen molar-refractivity contribution in [2.45, 2.75) is 13.5 Å². The average molecular weight is 373 g/mol. The number of phenols is 1. The van der Waals surface area contributed by atoms with E-state index in [1.165, 1.54) is 6.07 Å². The average Bonchev–Trinajstić information content (AvgIpc) is 2.72. The molecule has 0 fully saturated rings. The first kappa shape index (κ1) is 17.9. The van der Waals surface area contributed by atoms with Crippen LogP contribution in [0.25, 0.3) is 33.4 Å². The van der Waals surface area contributed by atoms with Gasteiger partial charge in [0.2, 0.25) is 0 Å². The molecule has 0 saturated heterocycles. The van der Waals surface area contributed by atoms with Crippen LogP contribution >= 0.6 is 0 Å². The van der Waals surface area contributed by atoms with Gasteiger partial charge >= 0.3 is 0 Å². The summed E-state index contributed by atoms with van der Waals surface area (Å²) >= 11 is 0. The molecule has 5 nitrogen and oxygen atoms in total. The summed E-state index contributed by atoms with van der Waals surface area (Å²) in [6.45, 7) is 2.47. The number of benzene rings is 3. The molecular weight excluding hydrogens is 354 g/mol. The maximum atomic E-state index is 11.6. The fourth-order valence-corrected chi connectivity index (χ4v) is 3.54. The van der Waals surface area contributed by atoms with Crippen molar-refractivity contribution < 1.29 is 19.4 Å². The third-order valence-electron chi connectivity index (χ3n) is 4.80. The Bertz CT molecular complexity index is 1220. The van der Waals surface area contributed by atoms with Crippen LogP contribution in [0.4, 0.5) is 0 Å². The van der Waals surface area contributed by atoms with Gasteiger partial charge < -0.3 is 14.6 Å². The molecule has 4 rings (SSSR count). The zero-order valence-electron chi connectivity index (χ0n) is 15.3. The number of fused-ring (bicyclic) bond motifs is 2. The van der Waals surface area contributed by atoms with E-state index in [0.717, 1.165) is 27.6 Å². The van der Waals surface area contributed by atoms with E-state index in [-0.39, 0.29) is 17.9 Å². The summed E-state index contributed by atoms with van der Waals surface area (Å²) in [4.78, 5) is 16.1. The number of carbonyl (C=O) groups excluding carboxylic acids is 1. The van der Waals surface area contributed by atoms with Crippen LogP contribution in [0.5, 0.6) is 5.75 Å². The predicted octanol–water partition coefficient (Wildman–Crippen LogP) is 4.14. The summed E-state index contributed by atoms with van der Waals surface area (Å²) in [7, 11) is 0. The van der Waals surface area contributed by atoms with E-state index in [2.05, 4.69) is 4.99 Å². The van der Waals surface area contributed by atoms with Crippen molar-refractivity contribution in [1.82, 2.24) is 0 Å². The molecular formula is C23H19NO4. The Morgan fingerprint density at radius 2 is 1.89 bits per heavy atom. The zero-order valence-corrected chi connectivity index (χ0v) is 15.3. The lowest BCUT2D eigenvalue weighted by atomic mass is 9.90. The van der Waals surface area contributed by atoms with Crippen molar-refractivity contribution >= 4 is 17.3 Å². The third-order valence-corrected chi connectivity index (χ3v) is 4.80. The minimum atomic E-state index is -0.138. The van der Waals surface area contributed by atoms with E-state index in [0.29, 0.717) is 29.6 Å². The molecule has 2 aliphatic rings. The molecule has 2 N–H and O–H groups in total. The van der Waals surface area contributed by atoms with Crippen molar-refractivity contribution in [2.24, 2.45) is 4.99 Å². The molecule has 0 spiro atoms. The minimum Gasteiger partial charge on any atom is -0.507 e. The number of rotatable bonds is 4. The van der Waals surface area contributed by atoms with Crippen LogP contribution < -0.4 is 5.36 Å². The van der Waals surface area contributed by atoms with Crippen molar-refractivity contribution in [1.29, 1.82) is 0 Å². The van der Waals surface area contributed by atoms with Gasteiger partial charge in [0.25, 0.3) is 0 Å². The number of hydrogen-bond acceptors (Lipinski definition) is 5. The molecule has 0 saturated carbocycles. The first-order valence-corrected chi connectivity index (χ1v) is 9.05. The van der Waals surface area contributed by atoms with Gasteiger partial charge in [-0.25, -0.2) is 0 Å². The standard InChI is InChI=1S/C23H19NO4/c1-2-24-15-7-8-17-21(11-15)28-23-18(9-10-20(27)19(23)13-26)22(17)16-6-4-3-5-14(16)12-25/h3-11,13,25,27H,2,12H2,1H3/b24-15+. The predicted molar refractivity (Wildman–Crippen MR) is 107 cm³/mol. The first-order valence-electron chi connectivity index (χ1n) is 9.05. The molecule has 0 atom stereocenters. The first-order chi connectivity index (χ1) is 13.7. The van der Waals surface area contributed by atoms with Crippen molar-refractivity contribution in [2.75, 3.05) is 6.54 Å². The van der Waals surface area contributed by atoms with Crippen LogP contribution in [0.3, 0.4) is 0 Å². The largest absolute Gasteiger partial charge is 0.507 e. The third kappa shape index (κ3) is 2.86. The summed E-state index contributed by atoms with van der Waals surface area (Å²) < 4.78 is 6.06. The van der Waals surface area contributed by atoms with Gasteiger partial charge in [-0.3, -0.25) is 9.79 Å². The van der Waals surface area contributed by atoms with Gasteiger partial charge in [-0.15, -0.1) is 0 Å². The van der Waals surface area contributed by atoms with E-state index in [4.69, 9.17) is 4.42 Å². The van der Waals surface area contributed by atoms with Crippen molar-refractivity contribution in [3.8, 4) is 28.2 Å². The topological polar surface area (TPSA) is 83.0 Å². The highest BCUT2D eigenvalue weighted by atomic mass is 16.3. The van der Waals surface area contributed by atoms with Gasteiger partial charge in [0.05, 0.1) is 17.5 Å². The Hall–Kier alpha value is -3.44. The van der Waals surface area contributed by atoms with Crippen LogP contribution in [-0.2, 0) is 6.61 Å². The second kappa shape index (κ2) is 7.29. The quantitative estimate of drug-likeness (QED) is 0.416. The fourth-order valence-electron chi connectivity index (χ4n) is 3.54. The molecule has 28 heavy (non-hydrogen) atoms. The molecule has 1 aliphatic carbocycles. The molecule has 0 amide bonds. The highest BCUT2D eigenvalue weighted by molar-refractivity contribution is 6.08. The van der Waals surface area contributed by atoms with Gasteiger partial charge in [0.15, 0.2) is 6.29 Å². The molecule has 2 aromatic carbocycles. The van der Waals surface area contributed by atoms with Crippen LogP contribution in [0.1, 0.15) is 22.8 Å². The van der Waals surface area contributed by atoms with Crippen LogP contribution in [0, 0.1) is 0 Å². The lowest BCUT2D eigenvalue weighted by Gasteiger charge is -2.18. The van der Waals surface area contributed by atoms with Crippen molar-refractivity contribution in [3.63, 3.8) is 0 Å². The molecule has 2 aromatic rings.